The van der Waals surface area contributed by atoms with Gasteiger partial charge in [-0.1, -0.05) is 37.7 Å². The van der Waals surface area contributed by atoms with Crippen LogP contribution >= 0.6 is 11.8 Å². The minimum atomic E-state index is 0.594. The van der Waals surface area contributed by atoms with E-state index in [9.17, 15) is 0 Å². The molecule has 0 atom stereocenters. The minimum absolute atomic E-state index is 0.594. The first kappa shape index (κ1) is 15.1. The van der Waals surface area contributed by atoms with Crippen LogP contribution in [0.4, 0.5) is 0 Å². The molecule has 0 aliphatic heterocycles. The Morgan fingerprint density at radius 1 is 1.25 bits per heavy atom. The van der Waals surface area contributed by atoms with Crippen LogP contribution in [-0.2, 0) is 18.7 Å². The summed E-state index contributed by atoms with van der Waals surface area (Å²) in [4.78, 5) is 8.97. The molecule has 2 rings (SSSR count). The van der Waals surface area contributed by atoms with Crippen molar-refractivity contribution in [2.45, 2.75) is 58.5 Å². The first-order chi connectivity index (χ1) is 9.51. The predicted octanol–water partition coefficient (Wildman–Crippen LogP) is 3.39. The van der Waals surface area contributed by atoms with Crippen LogP contribution in [-0.4, -0.2) is 19.7 Å². The third-order valence-corrected chi connectivity index (χ3v) is 4.08. The lowest BCUT2D eigenvalue weighted by molar-refractivity contribution is 0.385. The summed E-state index contributed by atoms with van der Waals surface area (Å²) < 4.78 is 7.50. The third-order valence-electron chi connectivity index (χ3n) is 3.12. The normalized spacial score (nSPS) is 11.5. The van der Waals surface area contributed by atoms with E-state index in [1.807, 2.05) is 6.92 Å². The second kappa shape index (κ2) is 6.43. The molecule has 0 bridgehead atoms. The summed E-state index contributed by atoms with van der Waals surface area (Å²) in [5.74, 6) is 2.69. The second-order valence-corrected chi connectivity index (χ2v) is 6.26. The smallest absolute Gasteiger partial charge is 0.237 e. The van der Waals surface area contributed by atoms with Crippen molar-refractivity contribution in [3.63, 3.8) is 0 Å². The van der Waals surface area contributed by atoms with Crippen LogP contribution in [0.25, 0.3) is 0 Å². The highest BCUT2D eigenvalue weighted by molar-refractivity contribution is 7.98. The van der Waals surface area contributed by atoms with Crippen molar-refractivity contribution in [3.05, 3.63) is 23.1 Å². The summed E-state index contributed by atoms with van der Waals surface area (Å²) in [7, 11) is 0. The highest BCUT2D eigenvalue weighted by Crippen LogP contribution is 2.25. The predicted molar refractivity (Wildman–Crippen MR) is 79.8 cm³/mol. The summed E-state index contributed by atoms with van der Waals surface area (Å²) in [5.41, 5.74) is 2.33. The Morgan fingerprint density at radius 2 is 2.00 bits per heavy atom. The molecule has 0 unspecified atom stereocenters. The van der Waals surface area contributed by atoms with E-state index in [-0.39, 0.29) is 0 Å². The Kier molecular flexibility index (Phi) is 4.86. The van der Waals surface area contributed by atoms with Gasteiger partial charge in [0.2, 0.25) is 5.89 Å². The summed E-state index contributed by atoms with van der Waals surface area (Å²) >= 11 is 1.66. The maximum Gasteiger partial charge on any atom is 0.237 e. The number of aryl methyl sites for hydroxylation is 2. The molecule has 2 aromatic heterocycles. The van der Waals surface area contributed by atoms with E-state index >= 15 is 0 Å². The number of imidazole rings is 1. The molecule has 2 heterocycles. The number of nitrogens with zero attached hydrogens (tertiary/aromatic N) is 4. The van der Waals surface area contributed by atoms with Gasteiger partial charge in [-0.25, -0.2) is 4.98 Å². The first-order valence-corrected chi connectivity index (χ1v) is 7.97. The highest BCUT2D eigenvalue weighted by atomic mass is 32.2. The van der Waals surface area contributed by atoms with Crippen molar-refractivity contribution < 1.29 is 4.52 Å². The van der Waals surface area contributed by atoms with Crippen LogP contribution in [0.1, 0.15) is 43.9 Å². The number of hydrogen-bond acceptors (Lipinski definition) is 5. The van der Waals surface area contributed by atoms with Crippen LogP contribution in [0.2, 0.25) is 0 Å². The Hall–Kier alpha value is -1.30. The van der Waals surface area contributed by atoms with Crippen LogP contribution in [0, 0.1) is 19.8 Å². The molecular formula is C14H22N4OS. The van der Waals surface area contributed by atoms with Crippen LogP contribution in [0.5, 0.6) is 0 Å². The average Bonchev–Trinajstić information content (AvgIpc) is 2.96. The van der Waals surface area contributed by atoms with E-state index in [0.717, 1.165) is 29.6 Å². The molecular weight excluding hydrogens is 272 g/mol. The number of hydrogen-bond donors (Lipinski definition) is 0. The van der Waals surface area contributed by atoms with E-state index in [1.54, 1.807) is 11.8 Å². The third kappa shape index (κ3) is 3.42. The molecule has 6 heteroatoms. The maximum absolute atomic E-state index is 5.22. The number of aromatic nitrogens is 4. The van der Waals surface area contributed by atoms with Crippen molar-refractivity contribution in [1.29, 1.82) is 0 Å². The fourth-order valence-electron chi connectivity index (χ4n) is 1.93. The topological polar surface area (TPSA) is 56.7 Å². The summed E-state index contributed by atoms with van der Waals surface area (Å²) in [6.45, 7) is 11.6. The summed E-state index contributed by atoms with van der Waals surface area (Å²) in [6, 6.07) is 0. The highest BCUT2D eigenvalue weighted by Gasteiger charge is 2.14. The van der Waals surface area contributed by atoms with E-state index < -0.39 is 0 Å². The van der Waals surface area contributed by atoms with Crippen molar-refractivity contribution in [3.8, 4) is 0 Å². The van der Waals surface area contributed by atoms with Crippen LogP contribution < -0.4 is 0 Å². The van der Waals surface area contributed by atoms with Gasteiger partial charge >= 0.3 is 0 Å². The molecule has 2 aromatic rings. The van der Waals surface area contributed by atoms with Crippen molar-refractivity contribution >= 4 is 11.8 Å². The van der Waals surface area contributed by atoms with Gasteiger partial charge in [-0.05, 0) is 19.8 Å². The van der Waals surface area contributed by atoms with Gasteiger partial charge in [-0.3, -0.25) is 0 Å². The van der Waals surface area contributed by atoms with E-state index in [1.165, 1.54) is 5.69 Å². The molecule has 0 radical (unpaired) electrons. The molecule has 110 valence electrons. The molecule has 0 saturated carbocycles. The zero-order valence-electron chi connectivity index (χ0n) is 12.8. The summed E-state index contributed by atoms with van der Waals surface area (Å²) in [6.07, 6.45) is 0.800. The molecule has 0 amide bonds. The first-order valence-electron chi connectivity index (χ1n) is 6.99. The molecule has 5 nitrogen and oxygen atoms in total. The Labute approximate surface area is 124 Å². The monoisotopic (exact) mass is 294 g/mol. The lowest BCUT2D eigenvalue weighted by Crippen LogP contribution is -2.07. The molecule has 0 aromatic carbocycles. The van der Waals surface area contributed by atoms with Crippen LogP contribution in [0.15, 0.2) is 9.68 Å². The fraction of sp³-hybridized carbons (Fsp3) is 0.643. The van der Waals surface area contributed by atoms with Crippen molar-refractivity contribution in [2.24, 2.45) is 5.92 Å². The lowest BCUT2D eigenvalue weighted by atomic mass is 10.2. The van der Waals surface area contributed by atoms with Gasteiger partial charge < -0.3 is 9.09 Å². The van der Waals surface area contributed by atoms with Gasteiger partial charge in [-0.15, -0.1) is 0 Å². The Bertz CT molecular complexity index is 574. The molecule has 0 fully saturated rings. The van der Waals surface area contributed by atoms with Crippen molar-refractivity contribution in [1.82, 2.24) is 19.7 Å². The quantitative estimate of drug-likeness (QED) is 0.764. The lowest BCUT2D eigenvalue weighted by Gasteiger charge is -2.11. The van der Waals surface area contributed by atoms with Gasteiger partial charge in [-0.2, -0.15) is 4.98 Å². The largest absolute Gasteiger partial charge is 0.338 e. The standard InChI is InChI=1S/C14H22N4OS/c1-6-12-16-13(19-17-12)8-20-14-15-10(4)11(5)18(14)7-9(2)3/h9H,6-8H2,1-5H3. The molecule has 0 N–H and O–H groups in total. The molecule has 0 aliphatic rings. The van der Waals surface area contributed by atoms with Gasteiger partial charge in [0, 0.05) is 18.7 Å². The Morgan fingerprint density at radius 3 is 2.60 bits per heavy atom. The second-order valence-electron chi connectivity index (χ2n) is 5.32. The van der Waals surface area contributed by atoms with E-state index in [4.69, 9.17) is 4.52 Å². The molecule has 0 spiro atoms. The number of rotatable bonds is 6. The van der Waals surface area contributed by atoms with Gasteiger partial charge in [0.15, 0.2) is 11.0 Å². The van der Waals surface area contributed by atoms with E-state index in [0.29, 0.717) is 17.6 Å². The van der Waals surface area contributed by atoms with Gasteiger partial charge in [0.05, 0.1) is 11.4 Å². The van der Waals surface area contributed by atoms with Crippen LogP contribution in [0.3, 0.4) is 0 Å². The zero-order chi connectivity index (χ0) is 14.7. The Balaban J connectivity index is 2.10. The number of thioether (sulfide) groups is 1. The van der Waals surface area contributed by atoms with Crippen molar-refractivity contribution in [2.75, 3.05) is 0 Å². The fourth-order valence-corrected chi connectivity index (χ4v) is 2.87. The van der Waals surface area contributed by atoms with Gasteiger partial charge in [0.1, 0.15) is 0 Å². The van der Waals surface area contributed by atoms with Gasteiger partial charge in [0.25, 0.3) is 0 Å². The SMILES string of the molecule is CCc1noc(CSc2nc(C)c(C)n2CC(C)C)n1. The average molecular weight is 294 g/mol. The minimum Gasteiger partial charge on any atom is -0.338 e. The zero-order valence-corrected chi connectivity index (χ0v) is 13.6. The summed E-state index contributed by atoms with van der Waals surface area (Å²) in [5, 5.41) is 4.95. The molecule has 0 saturated heterocycles. The molecule has 0 aliphatic carbocycles. The maximum atomic E-state index is 5.22. The van der Waals surface area contributed by atoms with E-state index in [2.05, 4.69) is 47.4 Å². The molecule has 20 heavy (non-hydrogen) atoms.